The van der Waals surface area contributed by atoms with E-state index in [9.17, 15) is 9.59 Å². The van der Waals surface area contributed by atoms with Gasteiger partial charge in [-0.1, -0.05) is 0 Å². The molecule has 0 aromatic carbocycles. The summed E-state index contributed by atoms with van der Waals surface area (Å²) in [6, 6.07) is -0.166. The van der Waals surface area contributed by atoms with Crippen molar-refractivity contribution < 1.29 is 14.1 Å². The molecule has 6 heteroatoms. The molecule has 0 fully saturated rings. The third kappa shape index (κ3) is 8.14. The average molecular weight is 301 g/mol. The Morgan fingerprint density at radius 2 is 1.71 bits per heavy atom. The van der Waals surface area contributed by atoms with Gasteiger partial charge in [-0.2, -0.15) is 0 Å². The van der Waals surface area contributed by atoms with Gasteiger partial charge in [0.25, 0.3) is 5.91 Å². The topological polar surface area (TPSA) is 70.2 Å². The van der Waals surface area contributed by atoms with Crippen LogP contribution in [0.1, 0.15) is 26.2 Å². The average Bonchev–Trinajstić information content (AvgIpc) is 2.38. The molecule has 0 unspecified atom stereocenters. The van der Waals surface area contributed by atoms with Gasteiger partial charge in [-0.15, -0.1) is 0 Å². The highest BCUT2D eigenvalue weighted by molar-refractivity contribution is 5.81. The van der Waals surface area contributed by atoms with Crippen LogP contribution in [0.15, 0.2) is 0 Å². The first-order valence-electron chi connectivity index (χ1n) is 7.65. The smallest absolute Gasteiger partial charge is 0.279 e. The van der Waals surface area contributed by atoms with Crippen molar-refractivity contribution in [2.45, 2.75) is 38.3 Å². The second-order valence-corrected chi connectivity index (χ2v) is 6.43. The Bertz CT molecular complexity index is 326. The Morgan fingerprint density at radius 3 is 2.14 bits per heavy atom. The van der Waals surface area contributed by atoms with Gasteiger partial charge in [-0.25, -0.2) is 0 Å². The molecule has 6 nitrogen and oxygen atoms in total. The minimum atomic E-state index is -0.0997. The molecule has 3 N–H and O–H groups in total. The lowest BCUT2D eigenvalue weighted by molar-refractivity contribution is -0.885. The van der Waals surface area contributed by atoms with Crippen LogP contribution < -0.4 is 16.0 Å². The minimum absolute atomic E-state index is 0.0658. The summed E-state index contributed by atoms with van der Waals surface area (Å²) in [6.45, 7) is 2.92. The molecule has 0 aliphatic carbocycles. The highest BCUT2D eigenvalue weighted by atomic mass is 16.2. The normalized spacial score (nSPS) is 14.6. The molecule has 21 heavy (non-hydrogen) atoms. The van der Waals surface area contributed by atoms with Gasteiger partial charge in [0.15, 0.2) is 6.04 Å². The molecule has 0 spiro atoms. The number of amides is 1. The van der Waals surface area contributed by atoms with Crippen molar-refractivity contribution in [1.29, 1.82) is 0 Å². The molecule has 0 saturated carbocycles. The number of hydrogen-bond donors (Lipinski definition) is 3. The van der Waals surface area contributed by atoms with Gasteiger partial charge in [0.1, 0.15) is 5.78 Å². The standard InChI is InChI=1S/C15H32N4O2/c1-12(20)13(17-3)9-7-8-10-18-15(21)14(11-16-2)19(4,5)6/h13-14,16-17H,7-11H2,1-6H3/p+1/t13-,14-/m0/s1. The lowest BCUT2D eigenvalue weighted by Crippen LogP contribution is -2.57. The predicted molar refractivity (Wildman–Crippen MR) is 86.1 cm³/mol. The maximum absolute atomic E-state index is 12.2. The molecule has 2 atom stereocenters. The number of rotatable bonds is 11. The van der Waals surface area contributed by atoms with Crippen molar-refractivity contribution in [2.24, 2.45) is 0 Å². The second-order valence-electron chi connectivity index (χ2n) is 6.43. The highest BCUT2D eigenvalue weighted by Gasteiger charge is 2.30. The van der Waals surface area contributed by atoms with Gasteiger partial charge in [-0.3, -0.25) is 9.59 Å². The monoisotopic (exact) mass is 301 g/mol. The first kappa shape index (κ1) is 20.0. The zero-order chi connectivity index (χ0) is 16.5. The van der Waals surface area contributed by atoms with E-state index in [0.717, 1.165) is 19.3 Å². The number of hydrogen-bond acceptors (Lipinski definition) is 4. The summed E-state index contributed by atoms with van der Waals surface area (Å²) in [5.41, 5.74) is 0. The van der Waals surface area contributed by atoms with Crippen LogP contribution in [0.25, 0.3) is 0 Å². The van der Waals surface area contributed by atoms with E-state index in [1.54, 1.807) is 14.0 Å². The fraction of sp³-hybridized carbons (Fsp3) is 0.867. The van der Waals surface area contributed by atoms with Crippen LogP contribution in [0.2, 0.25) is 0 Å². The molecule has 0 saturated heterocycles. The molecule has 0 radical (unpaired) electrons. The SMILES string of the molecule is CNC[C@@H](C(=O)NCCCC[C@H](NC)C(C)=O)[N+](C)(C)C. The number of quaternary nitrogens is 1. The Labute approximate surface area is 129 Å². The Hall–Kier alpha value is -0.980. The van der Waals surface area contributed by atoms with E-state index in [1.807, 2.05) is 28.2 Å². The predicted octanol–water partition coefficient (Wildman–Crippen LogP) is -0.256. The Morgan fingerprint density at radius 1 is 1.10 bits per heavy atom. The summed E-state index contributed by atoms with van der Waals surface area (Å²) in [7, 11) is 9.72. The van der Waals surface area contributed by atoms with Gasteiger partial charge in [0, 0.05) is 6.54 Å². The number of likely N-dealkylation sites (N-methyl/N-ethyl adjacent to an activating group) is 3. The number of ketones is 1. The van der Waals surface area contributed by atoms with Gasteiger partial charge in [0.2, 0.25) is 0 Å². The molecule has 0 heterocycles. The van der Waals surface area contributed by atoms with Gasteiger partial charge < -0.3 is 20.4 Å². The quantitative estimate of drug-likeness (QED) is 0.363. The van der Waals surface area contributed by atoms with E-state index in [-0.39, 0.29) is 23.8 Å². The van der Waals surface area contributed by atoms with Gasteiger partial charge in [-0.05, 0) is 40.3 Å². The first-order valence-corrected chi connectivity index (χ1v) is 7.65. The molecule has 0 aliphatic rings. The van der Waals surface area contributed by atoms with E-state index < -0.39 is 0 Å². The van der Waals surface area contributed by atoms with E-state index in [2.05, 4.69) is 16.0 Å². The number of nitrogens with zero attached hydrogens (tertiary/aromatic N) is 1. The number of carbonyl (C=O) groups excluding carboxylic acids is 2. The number of unbranched alkanes of at least 4 members (excludes halogenated alkanes) is 1. The van der Waals surface area contributed by atoms with Crippen LogP contribution in [0.4, 0.5) is 0 Å². The molecule has 0 aliphatic heterocycles. The van der Waals surface area contributed by atoms with E-state index in [0.29, 0.717) is 17.6 Å². The lowest BCUT2D eigenvalue weighted by atomic mass is 10.1. The summed E-state index contributed by atoms with van der Waals surface area (Å²) in [5.74, 6) is 0.245. The molecular formula is C15H33N4O2+. The van der Waals surface area contributed by atoms with Crippen LogP contribution in [-0.2, 0) is 9.59 Å². The third-order valence-electron chi connectivity index (χ3n) is 3.69. The summed E-state index contributed by atoms with van der Waals surface area (Å²) >= 11 is 0. The van der Waals surface area contributed by atoms with Crippen molar-refractivity contribution >= 4 is 11.7 Å². The van der Waals surface area contributed by atoms with Crippen LogP contribution in [-0.4, -0.2) is 76.6 Å². The molecular weight excluding hydrogens is 268 g/mol. The molecule has 0 aromatic rings. The summed E-state index contributed by atoms with van der Waals surface area (Å²) in [4.78, 5) is 23.5. The largest absolute Gasteiger partial charge is 0.351 e. The lowest BCUT2D eigenvalue weighted by Gasteiger charge is -2.32. The zero-order valence-electron chi connectivity index (χ0n) is 14.5. The van der Waals surface area contributed by atoms with Crippen LogP contribution in [0.5, 0.6) is 0 Å². The minimum Gasteiger partial charge on any atom is -0.351 e. The molecule has 0 bridgehead atoms. The molecule has 1 amide bonds. The van der Waals surface area contributed by atoms with Gasteiger partial charge in [0.05, 0.1) is 33.7 Å². The second kappa shape index (κ2) is 9.87. The summed E-state index contributed by atoms with van der Waals surface area (Å²) in [6.07, 6.45) is 2.63. The number of nitrogens with one attached hydrogen (secondary N) is 3. The van der Waals surface area contributed by atoms with Crippen molar-refractivity contribution in [2.75, 3.05) is 48.3 Å². The van der Waals surface area contributed by atoms with Crippen LogP contribution >= 0.6 is 0 Å². The highest BCUT2D eigenvalue weighted by Crippen LogP contribution is 2.04. The van der Waals surface area contributed by atoms with E-state index in [1.165, 1.54) is 0 Å². The number of Topliss-reactive ketones (excluding diaryl/α,β-unsaturated/α-hetero) is 1. The van der Waals surface area contributed by atoms with Gasteiger partial charge >= 0.3 is 0 Å². The maximum Gasteiger partial charge on any atom is 0.279 e. The fourth-order valence-corrected chi connectivity index (χ4v) is 2.27. The van der Waals surface area contributed by atoms with Crippen molar-refractivity contribution in [3.8, 4) is 0 Å². The van der Waals surface area contributed by atoms with Crippen LogP contribution in [0, 0.1) is 0 Å². The Balaban J connectivity index is 4.05. The molecule has 0 rings (SSSR count). The third-order valence-corrected chi connectivity index (χ3v) is 3.69. The summed E-state index contributed by atoms with van der Waals surface area (Å²) in [5, 5.41) is 9.07. The first-order chi connectivity index (χ1) is 9.73. The van der Waals surface area contributed by atoms with E-state index >= 15 is 0 Å². The van der Waals surface area contributed by atoms with Crippen molar-refractivity contribution in [1.82, 2.24) is 16.0 Å². The maximum atomic E-state index is 12.2. The fourth-order valence-electron chi connectivity index (χ4n) is 2.27. The summed E-state index contributed by atoms with van der Waals surface area (Å²) < 4.78 is 0.596. The van der Waals surface area contributed by atoms with Crippen molar-refractivity contribution in [3.05, 3.63) is 0 Å². The van der Waals surface area contributed by atoms with Crippen LogP contribution in [0.3, 0.4) is 0 Å². The van der Waals surface area contributed by atoms with Crippen molar-refractivity contribution in [3.63, 3.8) is 0 Å². The number of carbonyl (C=O) groups is 2. The molecule has 124 valence electrons. The zero-order valence-corrected chi connectivity index (χ0v) is 14.5. The Kier molecular flexibility index (Phi) is 9.41. The van der Waals surface area contributed by atoms with E-state index in [4.69, 9.17) is 0 Å². The molecule has 0 aromatic heterocycles.